The van der Waals surface area contributed by atoms with E-state index in [2.05, 4.69) is 20.1 Å². The number of carbonyl (C=O) groups excluding carboxylic acids is 1. The summed E-state index contributed by atoms with van der Waals surface area (Å²) in [5.74, 6) is -0.365. The lowest BCUT2D eigenvalue weighted by molar-refractivity contribution is -0.137. The molecule has 0 aliphatic heterocycles. The molecule has 0 spiro atoms. The second kappa shape index (κ2) is 7.41. The topological polar surface area (TPSA) is 106 Å². The average Bonchev–Trinajstić information content (AvgIpc) is 3.17. The minimum Gasteiger partial charge on any atom is -0.496 e. The van der Waals surface area contributed by atoms with E-state index in [0.29, 0.717) is 11.3 Å². The van der Waals surface area contributed by atoms with Crippen LogP contribution in [-0.2, 0) is 6.18 Å². The standard InChI is InChI=1S/C17H11F3N6O2/c1-28-14-8-10(2-7-13(14)16(27)23-25-21)15-22-9-26(24-15)12-5-3-11(4-6-12)17(18,19)20/h2-9H,1H3. The number of aromatic nitrogens is 3. The van der Waals surface area contributed by atoms with Gasteiger partial charge in [-0.2, -0.15) is 13.2 Å². The van der Waals surface area contributed by atoms with Gasteiger partial charge in [-0.25, -0.2) is 9.67 Å². The third-order valence-corrected chi connectivity index (χ3v) is 3.78. The van der Waals surface area contributed by atoms with Crippen LogP contribution < -0.4 is 4.74 Å². The van der Waals surface area contributed by atoms with Crippen LogP contribution in [0.1, 0.15) is 15.9 Å². The lowest BCUT2D eigenvalue weighted by atomic mass is 10.1. The van der Waals surface area contributed by atoms with Gasteiger partial charge < -0.3 is 4.74 Å². The molecule has 0 unspecified atom stereocenters. The van der Waals surface area contributed by atoms with Crippen molar-refractivity contribution < 1.29 is 22.7 Å². The first-order valence-electron chi connectivity index (χ1n) is 7.70. The Morgan fingerprint density at radius 3 is 2.54 bits per heavy atom. The third kappa shape index (κ3) is 3.79. The Bertz CT molecular complexity index is 1070. The van der Waals surface area contributed by atoms with Gasteiger partial charge in [-0.1, -0.05) is 6.07 Å². The molecule has 8 nitrogen and oxygen atoms in total. The van der Waals surface area contributed by atoms with E-state index < -0.39 is 17.6 Å². The van der Waals surface area contributed by atoms with Crippen LogP contribution in [0.5, 0.6) is 5.75 Å². The summed E-state index contributed by atoms with van der Waals surface area (Å²) in [4.78, 5) is 18.3. The lowest BCUT2D eigenvalue weighted by Crippen LogP contribution is -2.05. The fraction of sp³-hybridized carbons (Fsp3) is 0.118. The number of benzene rings is 2. The number of ether oxygens (including phenoxy) is 1. The highest BCUT2D eigenvalue weighted by atomic mass is 19.4. The van der Waals surface area contributed by atoms with Crippen molar-refractivity contribution in [2.24, 2.45) is 5.11 Å². The highest BCUT2D eigenvalue weighted by Crippen LogP contribution is 2.30. The normalized spacial score (nSPS) is 11.0. The van der Waals surface area contributed by atoms with Gasteiger partial charge in [-0.15, -0.1) is 5.10 Å². The highest BCUT2D eigenvalue weighted by molar-refractivity contribution is 5.98. The Balaban J connectivity index is 1.91. The lowest BCUT2D eigenvalue weighted by Gasteiger charge is -2.07. The van der Waals surface area contributed by atoms with Crippen molar-refractivity contribution in [1.29, 1.82) is 0 Å². The second-order valence-corrected chi connectivity index (χ2v) is 5.47. The van der Waals surface area contributed by atoms with Gasteiger partial charge in [0.2, 0.25) is 0 Å². The first kappa shape index (κ1) is 18.9. The quantitative estimate of drug-likeness (QED) is 0.375. The maximum Gasteiger partial charge on any atom is 0.416 e. The molecule has 0 radical (unpaired) electrons. The summed E-state index contributed by atoms with van der Waals surface area (Å²) in [7, 11) is 1.35. The summed E-state index contributed by atoms with van der Waals surface area (Å²) in [6.07, 6.45) is -3.07. The molecule has 0 saturated heterocycles. The molecule has 2 aromatic carbocycles. The predicted molar refractivity (Wildman–Crippen MR) is 91.8 cm³/mol. The monoisotopic (exact) mass is 388 g/mol. The summed E-state index contributed by atoms with van der Waals surface area (Å²) < 4.78 is 44.4. The Morgan fingerprint density at radius 1 is 1.21 bits per heavy atom. The van der Waals surface area contributed by atoms with Crippen LogP contribution in [0.3, 0.4) is 0 Å². The van der Waals surface area contributed by atoms with E-state index >= 15 is 0 Å². The molecule has 11 heteroatoms. The summed E-state index contributed by atoms with van der Waals surface area (Å²) >= 11 is 0. The van der Waals surface area contributed by atoms with E-state index in [1.807, 2.05) is 0 Å². The first-order valence-corrected chi connectivity index (χ1v) is 7.70. The fourth-order valence-electron chi connectivity index (χ4n) is 2.42. The van der Waals surface area contributed by atoms with E-state index in [0.717, 1.165) is 12.1 Å². The molecule has 1 amide bonds. The number of carbonyl (C=O) groups is 1. The van der Waals surface area contributed by atoms with Gasteiger partial charge >= 0.3 is 6.18 Å². The van der Waals surface area contributed by atoms with Crippen LogP contribution >= 0.6 is 0 Å². The summed E-state index contributed by atoms with van der Waals surface area (Å²) in [6.45, 7) is 0. The zero-order chi connectivity index (χ0) is 20.3. The zero-order valence-electron chi connectivity index (χ0n) is 14.3. The largest absolute Gasteiger partial charge is 0.496 e. The van der Waals surface area contributed by atoms with E-state index in [1.165, 1.54) is 48.5 Å². The van der Waals surface area contributed by atoms with Gasteiger partial charge in [0, 0.05) is 10.5 Å². The Labute approximate surface area is 155 Å². The number of rotatable bonds is 4. The molecule has 0 aliphatic carbocycles. The van der Waals surface area contributed by atoms with Gasteiger partial charge in [0.25, 0.3) is 5.91 Å². The predicted octanol–water partition coefficient (Wildman–Crippen LogP) is 4.41. The number of amides is 1. The molecular weight excluding hydrogens is 377 g/mol. The minimum atomic E-state index is -4.42. The van der Waals surface area contributed by atoms with E-state index in [1.54, 1.807) is 0 Å². The number of hydrogen-bond donors (Lipinski definition) is 0. The number of azide groups is 1. The van der Waals surface area contributed by atoms with Crippen molar-refractivity contribution in [1.82, 2.24) is 14.8 Å². The van der Waals surface area contributed by atoms with Gasteiger partial charge in [-0.3, -0.25) is 4.79 Å². The first-order chi connectivity index (χ1) is 13.3. The van der Waals surface area contributed by atoms with E-state index in [4.69, 9.17) is 10.3 Å². The van der Waals surface area contributed by atoms with Crippen molar-refractivity contribution in [2.75, 3.05) is 7.11 Å². The van der Waals surface area contributed by atoms with Crippen LogP contribution in [0.25, 0.3) is 27.5 Å². The fourth-order valence-corrected chi connectivity index (χ4v) is 2.42. The maximum absolute atomic E-state index is 12.7. The van der Waals surface area contributed by atoms with Crippen LogP contribution in [0.4, 0.5) is 13.2 Å². The molecule has 0 N–H and O–H groups in total. The van der Waals surface area contributed by atoms with E-state index in [-0.39, 0.29) is 17.1 Å². The van der Waals surface area contributed by atoms with Gasteiger partial charge in [0.05, 0.1) is 23.9 Å². The van der Waals surface area contributed by atoms with Crippen molar-refractivity contribution in [2.45, 2.75) is 6.18 Å². The molecular formula is C17H11F3N6O2. The number of halogens is 3. The van der Waals surface area contributed by atoms with Crippen LogP contribution in [0.15, 0.2) is 53.9 Å². The number of alkyl halides is 3. The van der Waals surface area contributed by atoms with Crippen LogP contribution in [0, 0.1) is 0 Å². The third-order valence-electron chi connectivity index (χ3n) is 3.78. The van der Waals surface area contributed by atoms with Gasteiger partial charge in [-0.05, 0) is 47.0 Å². The maximum atomic E-state index is 12.7. The van der Waals surface area contributed by atoms with E-state index in [9.17, 15) is 18.0 Å². The van der Waals surface area contributed by atoms with Crippen LogP contribution in [0.2, 0.25) is 0 Å². The number of hydrogen-bond acceptors (Lipinski definition) is 4. The average molecular weight is 388 g/mol. The molecule has 0 atom stereocenters. The molecule has 0 fully saturated rings. The molecule has 0 saturated carbocycles. The molecule has 0 bridgehead atoms. The molecule has 3 aromatic rings. The van der Waals surface area contributed by atoms with Gasteiger partial charge in [0.1, 0.15) is 12.1 Å². The van der Waals surface area contributed by atoms with Crippen molar-refractivity contribution in [3.05, 3.63) is 70.4 Å². The molecule has 1 heterocycles. The van der Waals surface area contributed by atoms with Crippen molar-refractivity contribution in [3.8, 4) is 22.8 Å². The zero-order valence-corrected chi connectivity index (χ0v) is 14.3. The highest BCUT2D eigenvalue weighted by Gasteiger charge is 2.30. The Hall–Kier alpha value is -3.85. The second-order valence-electron chi connectivity index (χ2n) is 5.47. The Kier molecular flexibility index (Phi) is 5.01. The summed E-state index contributed by atoms with van der Waals surface area (Å²) in [6, 6.07) is 8.91. The van der Waals surface area contributed by atoms with Crippen LogP contribution in [-0.4, -0.2) is 27.8 Å². The SMILES string of the molecule is COc1cc(-c2ncn(-c3ccc(C(F)(F)F)cc3)n2)ccc1C(=O)N=[N+]=[N-]. The Morgan fingerprint density at radius 2 is 1.93 bits per heavy atom. The molecule has 0 aliphatic rings. The summed E-state index contributed by atoms with van der Waals surface area (Å²) in [5, 5.41) is 7.25. The molecule has 3 rings (SSSR count). The molecule has 142 valence electrons. The number of nitrogens with zero attached hydrogens (tertiary/aromatic N) is 6. The van der Waals surface area contributed by atoms with Crippen molar-refractivity contribution >= 4 is 5.91 Å². The van der Waals surface area contributed by atoms with Gasteiger partial charge in [0.15, 0.2) is 5.82 Å². The number of methoxy groups -OCH3 is 1. The van der Waals surface area contributed by atoms with Crippen molar-refractivity contribution in [3.63, 3.8) is 0 Å². The summed E-state index contributed by atoms with van der Waals surface area (Å²) in [5.41, 5.74) is 8.59. The minimum absolute atomic E-state index is 0.0752. The smallest absolute Gasteiger partial charge is 0.416 e. The molecule has 1 aromatic heterocycles. The molecule has 28 heavy (non-hydrogen) atoms.